The SMILES string of the molecule is Cc1ccc(C(=O)NCC(Br)CC(C)(C)C)cc1Br. The van der Waals surface area contributed by atoms with Gasteiger partial charge in [0.1, 0.15) is 0 Å². The van der Waals surface area contributed by atoms with Gasteiger partial charge in [-0.25, -0.2) is 0 Å². The third kappa shape index (κ3) is 6.09. The molecule has 1 aromatic carbocycles. The van der Waals surface area contributed by atoms with E-state index < -0.39 is 0 Å². The number of rotatable bonds is 4. The fourth-order valence-corrected chi connectivity index (χ4v) is 3.29. The van der Waals surface area contributed by atoms with Crippen molar-refractivity contribution in [2.24, 2.45) is 5.41 Å². The Labute approximate surface area is 132 Å². The van der Waals surface area contributed by atoms with Gasteiger partial charge < -0.3 is 5.32 Å². The lowest BCUT2D eigenvalue weighted by Crippen LogP contribution is -2.31. The molecule has 1 aromatic rings. The third-order valence-electron chi connectivity index (χ3n) is 2.75. The Morgan fingerprint density at radius 3 is 2.53 bits per heavy atom. The van der Waals surface area contributed by atoms with Crippen LogP contribution in [0.2, 0.25) is 0 Å². The molecule has 1 N–H and O–H groups in total. The van der Waals surface area contributed by atoms with Crippen molar-refractivity contribution in [1.82, 2.24) is 5.32 Å². The summed E-state index contributed by atoms with van der Waals surface area (Å²) < 4.78 is 0.963. The molecule has 1 rings (SSSR count). The standard InChI is InChI=1S/C15H21Br2NO/c1-10-5-6-11(7-13(10)17)14(19)18-9-12(16)8-15(2,3)4/h5-7,12H,8-9H2,1-4H3,(H,18,19). The van der Waals surface area contributed by atoms with E-state index in [0.29, 0.717) is 16.9 Å². The molecule has 2 nitrogen and oxygen atoms in total. The van der Waals surface area contributed by atoms with Gasteiger partial charge in [-0.05, 0) is 36.5 Å². The van der Waals surface area contributed by atoms with Crippen LogP contribution in [0, 0.1) is 12.3 Å². The fourth-order valence-electron chi connectivity index (χ4n) is 1.78. The van der Waals surface area contributed by atoms with Crippen molar-refractivity contribution in [3.8, 4) is 0 Å². The van der Waals surface area contributed by atoms with Crippen molar-refractivity contribution in [2.45, 2.75) is 38.9 Å². The number of aryl methyl sites for hydroxylation is 1. The van der Waals surface area contributed by atoms with Crippen LogP contribution in [0.15, 0.2) is 22.7 Å². The van der Waals surface area contributed by atoms with E-state index >= 15 is 0 Å². The van der Waals surface area contributed by atoms with Crippen molar-refractivity contribution in [3.05, 3.63) is 33.8 Å². The molecule has 4 heteroatoms. The molecule has 0 aliphatic rings. The summed E-state index contributed by atoms with van der Waals surface area (Å²) in [6, 6.07) is 5.65. The van der Waals surface area contributed by atoms with Gasteiger partial charge in [0.25, 0.3) is 5.91 Å². The zero-order chi connectivity index (χ0) is 14.6. The van der Waals surface area contributed by atoms with Gasteiger partial charge in [-0.2, -0.15) is 0 Å². The van der Waals surface area contributed by atoms with E-state index in [1.54, 1.807) is 0 Å². The first kappa shape index (κ1) is 16.7. The minimum Gasteiger partial charge on any atom is -0.351 e. The highest BCUT2D eigenvalue weighted by atomic mass is 79.9. The summed E-state index contributed by atoms with van der Waals surface area (Å²) in [5, 5.41) is 2.96. The maximum absolute atomic E-state index is 12.0. The van der Waals surface area contributed by atoms with Gasteiger partial charge in [-0.1, -0.05) is 58.7 Å². The number of hydrogen-bond acceptors (Lipinski definition) is 1. The van der Waals surface area contributed by atoms with Crippen molar-refractivity contribution in [1.29, 1.82) is 0 Å². The Balaban J connectivity index is 2.53. The molecule has 0 bridgehead atoms. The number of halogens is 2. The van der Waals surface area contributed by atoms with Crippen LogP contribution in [0.4, 0.5) is 0 Å². The highest BCUT2D eigenvalue weighted by Gasteiger charge is 2.17. The average Bonchev–Trinajstić information content (AvgIpc) is 2.27. The summed E-state index contributed by atoms with van der Waals surface area (Å²) in [4.78, 5) is 12.3. The summed E-state index contributed by atoms with van der Waals surface area (Å²) in [5.41, 5.74) is 2.07. The van der Waals surface area contributed by atoms with E-state index in [0.717, 1.165) is 16.5 Å². The van der Waals surface area contributed by atoms with Crippen molar-refractivity contribution in [3.63, 3.8) is 0 Å². The zero-order valence-electron chi connectivity index (χ0n) is 11.9. The van der Waals surface area contributed by atoms with Crippen LogP contribution < -0.4 is 5.32 Å². The number of nitrogens with one attached hydrogen (secondary N) is 1. The molecule has 0 aliphatic carbocycles. The molecule has 1 unspecified atom stereocenters. The van der Waals surface area contributed by atoms with Gasteiger partial charge in [0.2, 0.25) is 0 Å². The molecule has 0 radical (unpaired) electrons. The highest BCUT2D eigenvalue weighted by Crippen LogP contribution is 2.24. The predicted octanol–water partition coefficient (Wildman–Crippen LogP) is 4.69. The van der Waals surface area contributed by atoms with Crippen molar-refractivity contribution < 1.29 is 4.79 Å². The van der Waals surface area contributed by atoms with E-state index in [2.05, 4.69) is 57.9 Å². The van der Waals surface area contributed by atoms with Gasteiger partial charge in [-0.3, -0.25) is 4.79 Å². The molecule has 0 aliphatic heterocycles. The number of carbonyl (C=O) groups excluding carboxylic acids is 1. The molecule has 1 amide bonds. The fraction of sp³-hybridized carbons (Fsp3) is 0.533. The number of hydrogen-bond donors (Lipinski definition) is 1. The molecule has 0 saturated heterocycles. The Kier molecular flexibility index (Phi) is 6.06. The molecule has 0 spiro atoms. The Morgan fingerprint density at radius 1 is 1.37 bits per heavy atom. The molecule has 1 atom stereocenters. The monoisotopic (exact) mass is 389 g/mol. The van der Waals surface area contributed by atoms with Gasteiger partial charge in [-0.15, -0.1) is 0 Å². The summed E-state index contributed by atoms with van der Waals surface area (Å²) in [7, 11) is 0. The Morgan fingerprint density at radius 2 is 2.00 bits per heavy atom. The first-order chi connectivity index (χ1) is 8.69. The topological polar surface area (TPSA) is 29.1 Å². The summed E-state index contributed by atoms with van der Waals surface area (Å²) in [6.45, 7) is 9.23. The van der Waals surface area contributed by atoms with E-state index in [-0.39, 0.29) is 11.3 Å². The van der Waals surface area contributed by atoms with Crippen LogP contribution in [-0.2, 0) is 0 Å². The second kappa shape index (κ2) is 6.89. The third-order valence-corrected chi connectivity index (χ3v) is 4.25. The van der Waals surface area contributed by atoms with Crippen LogP contribution in [-0.4, -0.2) is 17.3 Å². The van der Waals surface area contributed by atoms with E-state index in [1.165, 1.54) is 0 Å². The number of benzene rings is 1. The maximum atomic E-state index is 12.0. The van der Waals surface area contributed by atoms with Gasteiger partial charge in [0.05, 0.1) is 0 Å². The molecular formula is C15H21Br2NO. The predicted molar refractivity (Wildman–Crippen MR) is 88.0 cm³/mol. The normalized spacial score (nSPS) is 13.2. The van der Waals surface area contributed by atoms with Crippen LogP contribution in [0.1, 0.15) is 43.1 Å². The van der Waals surface area contributed by atoms with Crippen LogP contribution in [0.5, 0.6) is 0 Å². The van der Waals surface area contributed by atoms with E-state index in [1.807, 2.05) is 25.1 Å². The van der Waals surface area contributed by atoms with Crippen LogP contribution in [0.3, 0.4) is 0 Å². The summed E-state index contributed by atoms with van der Waals surface area (Å²) >= 11 is 7.06. The lowest BCUT2D eigenvalue weighted by Gasteiger charge is -2.22. The molecule has 0 fully saturated rings. The van der Waals surface area contributed by atoms with Crippen LogP contribution in [0.25, 0.3) is 0 Å². The Bertz CT molecular complexity index is 452. The lowest BCUT2D eigenvalue weighted by molar-refractivity contribution is 0.0952. The molecule has 0 aromatic heterocycles. The maximum Gasteiger partial charge on any atom is 0.251 e. The van der Waals surface area contributed by atoms with E-state index in [9.17, 15) is 4.79 Å². The minimum absolute atomic E-state index is 0.0286. The Hall–Kier alpha value is -0.350. The number of carbonyl (C=O) groups is 1. The molecule has 0 heterocycles. The first-order valence-corrected chi connectivity index (χ1v) is 8.08. The second-order valence-corrected chi connectivity index (χ2v) is 8.19. The summed E-state index contributed by atoms with van der Waals surface area (Å²) in [6.07, 6.45) is 1.02. The second-order valence-electron chi connectivity index (χ2n) is 6.04. The first-order valence-electron chi connectivity index (χ1n) is 6.37. The highest BCUT2D eigenvalue weighted by molar-refractivity contribution is 9.10. The number of alkyl halides is 1. The van der Waals surface area contributed by atoms with Crippen molar-refractivity contribution in [2.75, 3.05) is 6.54 Å². The van der Waals surface area contributed by atoms with Crippen molar-refractivity contribution >= 4 is 37.8 Å². The lowest BCUT2D eigenvalue weighted by atomic mass is 9.90. The zero-order valence-corrected chi connectivity index (χ0v) is 15.1. The van der Waals surface area contributed by atoms with Gasteiger partial charge in [0, 0.05) is 21.4 Å². The molecule has 0 saturated carbocycles. The smallest absolute Gasteiger partial charge is 0.251 e. The quantitative estimate of drug-likeness (QED) is 0.742. The largest absolute Gasteiger partial charge is 0.351 e. The average molecular weight is 391 g/mol. The van der Waals surface area contributed by atoms with Crippen LogP contribution >= 0.6 is 31.9 Å². The molecule has 19 heavy (non-hydrogen) atoms. The number of amides is 1. The summed E-state index contributed by atoms with van der Waals surface area (Å²) in [5.74, 6) is -0.0286. The molecular weight excluding hydrogens is 370 g/mol. The minimum atomic E-state index is -0.0286. The molecule has 106 valence electrons. The van der Waals surface area contributed by atoms with Gasteiger partial charge >= 0.3 is 0 Å². The van der Waals surface area contributed by atoms with E-state index in [4.69, 9.17) is 0 Å². The van der Waals surface area contributed by atoms with Gasteiger partial charge in [0.15, 0.2) is 0 Å².